The minimum atomic E-state index is 0.315. The molecule has 26 heavy (non-hydrogen) atoms. The summed E-state index contributed by atoms with van der Waals surface area (Å²) in [6, 6.07) is 19.6. The Morgan fingerprint density at radius 3 is 2.12 bits per heavy atom. The zero-order chi connectivity index (χ0) is 18.2. The van der Waals surface area contributed by atoms with Crippen molar-refractivity contribution in [2.75, 3.05) is 32.7 Å². The maximum Gasteiger partial charge on any atom is 0.0602 e. The molecule has 0 N–H and O–H groups in total. The van der Waals surface area contributed by atoms with Crippen LogP contribution in [0.2, 0.25) is 5.02 Å². The van der Waals surface area contributed by atoms with Crippen LogP contribution in [0.15, 0.2) is 54.6 Å². The van der Waals surface area contributed by atoms with Crippen LogP contribution in [-0.4, -0.2) is 42.5 Å². The van der Waals surface area contributed by atoms with E-state index in [0.717, 1.165) is 18.1 Å². The van der Waals surface area contributed by atoms with Crippen molar-refractivity contribution in [1.82, 2.24) is 9.80 Å². The van der Waals surface area contributed by atoms with Crippen molar-refractivity contribution in [2.45, 2.75) is 38.6 Å². The van der Waals surface area contributed by atoms with Crippen LogP contribution in [0.5, 0.6) is 0 Å². The standard InChI is InChI=1S/C23H31ClN2/c1-2-3-4-8-15-25-16-18-26(19-17-25)23(20-9-6-5-7-10-20)21-11-13-22(24)14-12-21/h5-7,9-14,23H,2-4,8,15-19H2,1H3. The van der Waals surface area contributed by atoms with Crippen LogP contribution in [0.25, 0.3) is 0 Å². The van der Waals surface area contributed by atoms with Gasteiger partial charge in [0.15, 0.2) is 0 Å². The maximum absolute atomic E-state index is 6.12. The van der Waals surface area contributed by atoms with Gasteiger partial charge in [-0.15, -0.1) is 0 Å². The number of benzene rings is 2. The first-order valence-corrected chi connectivity index (χ1v) is 10.4. The number of piperazine rings is 1. The summed E-state index contributed by atoms with van der Waals surface area (Å²) in [4.78, 5) is 5.26. The van der Waals surface area contributed by atoms with Gasteiger partial charge >= 0.3 is 0 Å². The van der Waals surface area contributed by atoms with E-state index in [1.807, 2.05) is 12.1 Å². The Labute approximate surface area is 163 Å². The SMILES string of the molecule is CCCCCCN1CCN(C(c2ccccc2)c2ccc(Cl)cc2)CC1. The Balaban J connectivity index is 1.66. The Morgan fingerprint density at radius 1 is 0.808 bits per heavy atom. The molecule has 1 atom stereocenters. The molecule has 0 bridgehead atoms. The van der Waals surface area contributed by atoms with Gasteiger partial charge in [0.05, 0.1) is 6.04 Å². The minimum absolute atomic E-state index is 0.315. The summed E-state index contributed by atoms with van der Waals surface area (Å²) in [5, 5.41) is 0.803. The molecule has 0 amide bonds. The molecular weight excluding hydrogens is 340 g/mol. The highest BCUT2D eigenvalue weighted by atomic mass is 35.5. The molecular formula is C23H31ClN2. The average Bonchev–Trinajstić information content (AvgIpc) is 2.69. The van der Waals surface area contributed by atoms with E-state index in [-0.39, 0.29) is 0 Å². The molecule has 0 aliphatic carbocycles. The van der Waals surface area contributed by atoms with E-state index >= 15 is 0 Å². The van der Waals surface area contributed by atoms with Gasteiger partial charge in [-0.1, -0.05) is 80.3 Å². The van der Waals surface area contributed by atoms with Gasteiger partial charge in [0.25, 0.3) is 0 Å². The van der Waals surface area contributed by atoms with Gasteiger partial charge in [-0.05, 0) is 36.2 Å². The zero-order valence-corrected chi connectivity index (χ0v) is 16.7. The fraction of sp³-hybridized carbons (Fsp3) is 0.478. The maximum atomic E-state index is 6.12. The minimum Gasteiger partial charge on any atom is -0.301 e. The molecule has 2 aromatic rings. The van der Waals surface area contributed by atoms with Crippen LogP contribution in [0.1, 0.15) is 49.8 Å². The fourth-order valence-electron chi connectivity index (χ4n) is 3.90. The molecule has 140 valence electrons. The molecule has 1 fully saturated rings. The lowest BCUT2D eigenvalue weighted by Crippen LogP contribution is -2.48. The molecule has 1 saturated heterocycles. The van der Waals surface area contributed by atoms with Crippen LogP contribution in [0.3, 0.4) is 0 Å². The van der Waals surface area contributed by atoms with Crippen molar-refractivity contribution in [3.05, 3.63) is 70.7 Å². The van der Waals surface area contributed by atoms with Gasteiger partial charge < -0.3 is 4.90 Å². The van der Waals surface area contributed by atoms with Crippen LogP contribution in [0.4, 0.5) is 0 Å². The molecule has 1 aliphatic rings. The summed E-state index contributed by atoms with van der Waals surface area (Å²) in [5.74, 6) is 0. The third kappa shape index (κ3) is 5.33. The van der Waals surface area contributed by atoms with E-state index in [2.05, 4.69) is 59.2 Å². The summed E-state index contributed by atoms with van der Waals surface area (Å²) < 4.78 is 0. The summed E-state index contributed by atoms with van der Waals surface area (Å²) in [6.45, 7) is 8.11. The molecule has 1 aliphatic heterocycles. The first-order valence-electron chi connectivity index (χ1n) is 10.0. The Morgan fingerprint density at radius 2 is 1.46 bits per heavy atom. The van der Waals surface area contributed by atoms with Gasteiger partial charge in [0.2, 0.25) is 0 Å². The highest BCUT2D eigenvalue weighted by Gasteiger charge is 2.26. The number of nitrogens with zero attached hydrogens (tertiary/aromatic N) is 2. The number of halogens is 1. The predicted molar refractivity (Wildman–Crippen MR) is 112 cm³/mol. The summed E-state index contributed by atoms with van der Waals surface area (Å²) in [7, 11) is 0. The first kappa shape index (κ1) is 19.4. The van der Waals surface area contributed by atoms with Crippen molar-refractivity contribution in [2.24, 2.45) is 0 Å². The summed E-state index contributed by atoms with van der Waals surface area (Å²) >= 11 is 6.12. The number of unbranched alkanes of at least 4 members (excludes halogenated alkanes) is 3. The van der Waals surface area contributed by atoms with Crippen LogP contribution in [0, 0.1) is 0 Å². The van der Waals surface area contributed by atoms with Crippen molar-refractivity contribution >= 4 is 11.6 Å². The molecule has 1 unspecified atom stereocenters. The lowest BCUT2D eigenvalue weighted by Gasteiger charge is -2.40. The van der Waals surface area contributed by atoms with E-state index < -0.39 is 0 Å². The van der Waals surface area contributed by atoms with E-state index in [9.17, 15) is 0 Å². The molecule has 2 nitrogen and oxygen atoms in total. The van der Waals surface area contributed by atoms with Crippen molar-refractivity contribution in [3.8, 4) is 0 Å². The highest BCUT2D eigenvalue weighted by molar-refractivity contribution is 6.30. The second kappa shape index (κ2) is 10.1. The molecule has 0 spiro atoms. The second-order valence-electron chi connectivity index (χ2n) is 7.30. The quantitative estimate of drug-likeness (QED) is 0.556. The van der Waals surface area contributed by atoms with E-state index in [0.29, 0.717) is 6.04 Å². The molecule has 0 radical (unpaired) electrons. The second-order valence-corrected chi connectivity index (χ2v) is 7.74. The lowest BCUT2D eigenvalue weighted by atomic mass is 9.96. The van der Waals surface area contributed by atoms with E-state index in [1.54, 1.807) is 0 Å². The molecule has 1 heterocycles. The van der Waals surface area contributed by atoms with Crippen molar-refractivity contribution < 1.29 is 0 Å². The molecule has 3 rings (SSSR count). The summed E-state index contributed by atoms with van der Waals surface area (Å²) in [6.07, 6.45) is 5.39. The van der Waals surface area contributed by atoms with Crippen LogP contribution < -0.4 is 0 Å². The topological polar surface area (TPSA) is 6.48 Å². The molecule has 0 aromatic heterocycles. The summed E-state index contributed by atoms with van der Waals surface area (Å²) in [5.41, 5.74) is 2.70. The Kier molecular flexibility index (Phi) is 7.55. The number of hydrogen-bond acceptors (Lipinski definition) is 2. The lowest BCUT2D eigenvalue weighted by molar-refractivity contribution is 0.108. The van der Waals surface area contributed by atoms with Gasteiger partial charge in [0.1, 0.15) is 0 Å². The first-order chi connectivity index (χ1) is 12.8. The normalized spacial score (nSPS) is 17.3. The van der Waals surface area contributed by atoms with Crippen LogP contribution in [-0.2, 0) is 0 Å². The smallest absolute Gasteiger partial charge is 0.0602 e. The third-order valence-electron chi connectivity index (χ3n) is 5.40. The number of rotatable bonds is 8. The van der Waals surface area contributed by atoms with E-state index in [1.165, 1.54) is 56.4 Å². The fourth-order valence-corrected chi connectivity index (χ4v) is 4.03. The third-order valence-corrected chi connectivity index (χ3v) is 5.65. The average molecular weight is 371 g/mol. The van der Waals surface area contributed by atoms with Crippen molar-refractivity contribution in [3.63, 3.8) is 0 Å². The van der Waals surface area contributed by atoms with Crippen molar-refractivity contribution in [1.29, 1.82) is 0 Å². The van der Waals surface area contributed by atoms with Gasteiger partial charge in [-0.25, -0.2) is 0 Å². The van der Waals surface area contributed by atoms with Gasteiger partial charge in [-0.2, -0.15) is 0 Å². The van der Waals surface area contributed by atoms with E-state index in [4.69, 9.17) is 11.6 Å². The van der Waals surface area contributed by atoms with Gasteiger partial charge in [-0.3, -0.25) is 4.90 Å². The van der Waals surface area contributed by atoms with Gasteiger partial charge in [0, 0.05) is 31.2 Å². The van der Waals surface area contributed by atoms with Crippen LogP contribution >= 0.6 is 11.6 Å². The molecule has 2 aromatic carbocycles. The zero-order valence-electron chi connectivity index (χ0n) is 15.9. The highest BCUT2D eigenvalue weighted by Crippen LogP contribution is 2.30. The number of hydrogen-bond donors (Lipinski definition) is 0. The monoisotopic (exact) mass is 370 g/mol. The predicted octanol–water partition coefficient (Wildman–Crippen LogP) is 5.63. The Hall–Kier alpha value is -1.35. The molecule has 3 heteroatoms. The molecule has 0 saturated carbocycles. The largest absolute Gasteiger partial charge is 0.301 e. The Bertz CT molecular complexity index is 633.